The summed E-state index contributed by atoms with van der Waals surface area (Å²) in [6, 6.07) is 8.96. The Bertz CT molecular complexity index is 854. The van der Waals surface area contributed by atoms with E-state index in [-0.39, 0.29) is 28.6 Å². The first kappa shape index (κ1) is 21.3. The number of halogens is 3. The Kier molecular flexibility index (Phi) is 6.96. The molecule has 1 atom stereocenters. The molecule has 0 saturated heterocycles. The van der Waals surface area contributed by atoms with Gasteiger partial charge in [-0.25, -0.2) is 17.9 Å². The quantitative estimate of drug-likeness (QED) is 0.468. The van der Waals surface area contributed by atoms with Gasteiger partial charge in [0.05, 0.1) is 10.0 Å². The normalized spacial score (nSPS) is 13.0. The molecule has 0 spiro atoms. The fourth-order valence-electron chi connectivity index (χ4n) is 2.52. The predicted molar refractivity (Wildman–Crippen MR) is 103 cm³/mol. The first-order valence-corrected chi connectivity index (χ1v) is 9.05. The van der Waals surface area contributed by atoms with E-state index in [1.165, 1.54) is 25.1 Å². The minimum absolute atomic E-state index is 0.000375. The minimum Gasteiger partial charge on any atom is -0.396 e. The molecule has 0 bridgehead atoms. The third-order valence-electron chi connectivity index (χ3n) is 4.00. The average Bonchev–Trinajstić information content (AvgIpc) is 2.64. The van der Waals surface area contributed by atoms with Crippen LogP contribution in [0.5, 0.6) is 0 Å². The first-order valence-electron chi connectivity index (χ1n) is 7.86. The SMILES string of the molecule is CC(CCO)(NC(=O)N(S)C(=O)c1ccccc1)c1cc(Br)c(F)cc1F. The zero-order valence-corrected chi connectivity index (χ0v) is 16.7. The molecule has 0 aliphatic rings. The van der Waals surface area contributed by atoms with Crippen LogP contribution in [0, 0.1) is 11.6 Å². The summed E-state index contributed by atoms with van der Waals surface area (Å²) in [6.07, 6.45) is -0.0745. The summed E-state index contributed by atoms with van der Waals surface area (Å²) >= 11 is 6.91. The van der Waals surface area contributed by atoms with Crippen LogP contribution in [0.4, 0.5) is 13.6 Å². The lowest BCUT2D eigenvalue weighted by molar-refractivity contribution is 0.0889. The van der Waals surface area contributed by atoms with Gasteiger partial charge in [-0.2, -0.15) is 0 Å². The number of amides is 3. The molecule has 2 N–H and O–H groups in total. The van der Waals surface area contributed by atoms with Gasteiger partial charge in [-0.3, -0.25) is 4.79 Å². The van der Waals surface area contributed by atoms with E-state index in [4.69, 9.17) is 0 Å². The highest BCUT2D eigenvalue weighted by Crippen LogP contribution is 2.31. The number of aliphatic hydroxyl groups excluding tert-OH is 1. The zero-order valence-electron chi connectivity index (χ0n) is 14.2. The number of aliphatic hydroxyl groups is 1. The van der Waals surface area contributed by atoms with Crippen LogP contribution >= 0.6 is 28.7 Å². The summed E-state index contributed by atoms with van der Waals surface area (Å²) in [6.45, 7) is 1.07. The molecule has 0 fully saturated rings. The van der Waals surface area contributed by atoms with Crippen LogP contribution in [0.15, 0.2) is 46.9 Å². The average molecular weight is 459 g/mol. The standard InChI is InChI=1S/C18H17BrF2N2O3S/c1-18(7-8-24,12-9-13(19)15(21)10-14(12)20)22-17(26)23(27)16(25)11-5-3-2-4-6-11/h2-6,9-10,24,27H,7-8H2,1H3,(H,22,26). The summed E-state index contributed by atoms with van der Waals surface area (Å²) in [4.78, 5) is 24.9. The van der Waals surface area contributed by atoms with Crippen molar-refractivity contribution < 1.29 is 23.5 Å². The van der Waals surface area contributed by atoms with E-state index in [0.29, 0.717) is 10.4 Å². The molecule has 0 heterocycles. The van der Waals surface area contributed by atoms with Gasteiger partial charge in [0.2, 0.25) is 0 Å². The largest absolute Gasteiger partial charge is 0.396 e. The fraction of sp³-hybridized carbons (Fsp3) is 0.222. The van der Waals surface area contributed by atoms with Crippen molar-refractivity contribution in [1.82, 2.24) is 9.62 Å². The molecule has 2 aromatic carbocycles. The van der Waals surface area contributed by atoms with Gasteiger partial charge >= 0.3 is 6.03 Å². The van der Waals surface area contributed by atoms with E-state index < -0.39 is 29.1 Å². The highest BCUT2D eigenvalue weighted by atomic mass is 79.9. The third-order valence-corrected chi connectivity index (χ3v) is 4.98. The van der Waals surface area contributed by atoms with E-state index in [0.717, 1.165) is 0 Å². The van der Waals surface area contributed by atoms with Crippen molar-refractivity contribution in [3.63, 3.8) is 0 Å². The number of thiol groups is 1. The Morgan fingerprint density at radius 1 is 1.22 bits per heavy atom. The maximum absolute atomic E-state index is 14.3. The van der Waals surface area contributed by atoms with E-state index in [1.807, 2.05) is 0 Å². The number of benzene rings is 2. The number of carbonyl (C=O) groups excluding carboxylic acids is 2. The van der Waals surface area contributed by atoms with Crippen LogP contribution in [0.2, 0.25) is 0 Å². The number of carbonyl (C=O) groups is 2. The van der Waals surface area contributed by atoms with Gasteiger partial charge in [-0.1, -0.05) is 31.0 Å². The monoisotopic (exact) mass is 458 g/mol. The molecule has 2 rings (SSSR count). The smallest absolute Gasteiger partial charge is 0.335 e. The highest BCUT2D eigenvalue weighted by molar-refractivity contribution is 9.10. The van der Waals surface area contributed by atoms with Crippen LogP contribution in [0.25, 0.3) is 0 Å². The maximum Gasteiger partial charge on any atom is 0.335 e. The van der Waals surface area contributed by atoms with Crippen molar-refractivity contribution in [2.75, 3.05) is 6.61 Å². The van der Waals surface area contributed by atoms with Crippen LogP contribution in [0.1, 0.15) is 29.3 Å². The van der Waals surface area contributed by atoms with Crippen LogP contribution in [-0.4, -0.2) is 28.0 Å². The van der Waals surface area contributed by atoms with Gasteiger partial charge in [0.25, 0.3) is 5.91 Å². The maximum atomic E-state index is 14.3. The number of nitrogens with zero attached hydrogens (tertiary/aromatic N) is 1. The second-order valence-electron chi connectivity index (χ2n) is 5.97. The fourth-order valence-corrected chi connectivity index (χ4v) is 3.03. The molecule has 0 aliphatic carbocycles. The van der Waals surface area contributed by atoms with E-state index in [2.05, 4.69) is 34.1 Å². The van der Waals surface area contributed by atoms with Crippen LogP contribution < -0.4 is 5.32 Å². The Labute approximate surface area is 169 Å². The molecule has 2 aromatic rings. The molecule has 5 nitrogen and oxygen atoms in total. The molecule has 0 saturated carbocycles. The molecule has 0 radical (unpaired) electrons. The first-order chi connectivity index (χ1) is 12.7. The Morgan fingerprint density at radius 3 is 2.44 bits per heavy atom. The Morgan fingerprint density at radius 2 is 1.85 bits per heavy atom. The topological polar surface area (TPSA) is 69.6 Å². The van der Waals surface area contributed by atoms with E-state index in [9.17, 15) is 23.5 Å². The molecule has 0 aliphatic heterocycles. The van der Waals surface area contributed by atoms with Gasteiger partial charge in [0.1, 0.15) is 11.6 Å². The van der Waals surface area contributed by atoms with Crippen molar-refractivity contribution in [3.8, 4) is 0 Å². The van der Waals surface area contributed by atoms with E-state index >= 15 is 0 Å². The molecular weight excluding hydrogens is 442 g/mol. The van der Waals surface area contributed by atoms with Gasteiger partial charge in [0.15, 0.2) is 0 Å². The van der Waals surface area contributed by atoms with Crippen molar-refractivity contribution in [3.05, 3.63) is 69.7 Å². The summed E-state index contributed by atoms with van der Waals surface area (Å²) < 4.78 is 28.4. The molecule has 1 unspecified atom stereocenters. The predicted octanol–water partition coefficient (Wildman–Crippen LogP) is 4.02. The molecule has 144 valence electrons. The number of rotatable bonds is 5. The molecule has 9 heteroatoms. The number of urea groups is 1. The highest BCUT2D eigenvalue weighted by Gasteiger charge is 2.34. The van der Waals surface area contributed by atoms with Gasteiger partial charge in [0, 0.05) is 23.8 Å². The van der Waals surface area contributed by atoms with E-state index in [1.54, 1.807) is 18.2 Å². The minimum atomic E-state index is -1.41. The second kappa shape index (κ2) is 8.81. The zero-order chi connectivity index (χ0) is 20.2. The van der Waals surface area contributed by atoms with Crippen LogP contribution in [-0.2, 0) is 5.54 Å². The summed E-state index contributed by atoms with van der Waals surface area (Å²) in [5, 5.41) is 11.9. The molecule has 27 heavy (non-hydrogen) atoms. The van der Waals surface area contributed by atoms with Gasteiger partial charge in [-0.15, -0.1) is 0 Å². The Hall–Kier alpha value is -1.97. The molecule has 0 aromatic heterocycles. The number of hydrogen-bond acceptors (Lipinski definition) is 4. The van der Waals surface area contributed by atoms with Crippen molar-refractivity contribution in [2.45, 2.75) is 18.9 Å². The van der Waals surface area contributed by atoms with Gasteiger partial charge < -0.3 is 10.4 Å². The third kappa shape index (κ3) is 4.85. The van der Waals surface area contributed by atoms with Gasteiger partial charge in [-0.05, 0) is 47.5 Å². The Balaban J connectivity index is 2.30. The van der Waals surface area contributed by atoms with Crippen molar-refractivity contribution in [2.24, 2.45) is 0 Å². The lowest BCUT2D eigenvalue weighted by atomic mass is 9.88. The second-order valence-corrected chi connectivity index (χ2v) is 7.22. The lowest BCUT2D eigenvalue weighted by Gasteiger charge is -2.32. The molecule has 3 amide bonds. The van der Waals surface area contributed by atoms with Crippen molar-refractivity contribution in [1.29, 1.82) is 0 Å². The summed E-state index contributed by atoms with van der Waals surface area (Å²) in [5.41, 5.74) is -1.22. The number of nitrogens with one attached hydrogen (secondary N) is 1. The van der Waals surface area contributed by atoms with Crippen molar-refractivity contribution >= 4 is 40.7 Å². The summed E-state index contributed by atoms with van der Waals surface area (Å²) in [5.74, 6) is -2.38. The van der Waals surface area contributed by atoms with Crippen LogP contribution in [0.3, 0.4) is 0 Å². The number of imide groups is 1. The molecular formula is C18H17BrF2N2O3S. The summed E-state index contributed by atoms with van der Waals surface area (Å²) in [7, 11) is 0. The number of hydrogen-bond donors (Lipinski definition) is 3. The lowest BCUT2D eigenvalue weighted by Crippen LogP contribution is -2.49.